The molecular weight excluding hydrogens is 402 g/mol. The molecule has 0 saturated carbocycles. The van der Waals surface area contributed by atoms with Crippen LogP contribution in [0.15, 0.2) is 54.6 Å². The van der Waals surface area contributed by atoms with Crippen LogP contribution >= 0.6 is 0 Å². The molecule has 170 valence electrons. The van der Waals surface area contributed by atoms with Crippen LogP contribution < -0.4 is 10.1 Å². The van der Waals surface area contributed by atoms with E-state index in [2.05, 4.69) is 22.3 Å². The van der Waals surface area contributed by atoms with Crippen LogP contribution in [0.5, 0.6) is 5.75 Å². The highest BCUT2D eigenvalue weighted by molar-refractivity contribution is 5.89. The number of hydrogen-bond donors (Lipinski definition) is 1. The summed E-state index contributed by atoms with van der Waals surface area (Å²) in [5.41, 5.74) is 1.98. The summed E-state index contributed by atoms with van der Waals surface area (Å²) in [6, 6.07) is 17.7. The molecule has 2 aliphatic rings. The molecule has 0 radical (unpaired) electrons. The number of urea groups is 1. The molecule has 2 heterocycles. The molecule has 0 spiro atoms. The third kappa shape index (κ3) is 5.23. The molecule has 1 N–H and O–H groups in total. The van der Waals surface area contributed by atoms with Crippen molar-refractivity contribution in [2.75, 3.05) is 32.1 Å². The lowest BCUT2D eigenvalue weighted by Gasteiger charge is -2.37. The molecule has 0 aliphatic carbocycles. The van der Waals surface area contributed by atoms with E-state index in [0.29, 0.717) is 25.9 Å². The van der Waals surface area contributed by atoms with Gasteiger partial charge in [0.25, 0.3) is 0 Å². The number of nitrogens with zero attached hydrogens (tertiary/aromatic N) is 2. The molecule has 6 heteroatoms. The molecule has 2 aromatic carbocycles. The smallest absolute Gasteiger partial charge is 0.321 e. The minimum atomic E-state index is -0.0898. The number of rotatable bonds is 4. The fraction of sp³-hybridized carbons (Fsp3) is 0.462. The van der Waals surface area contributed by atoms with E-state index >= 15 is 0 Å². The van der Waals surface area contributed by atoms with Gasteiger partial charge in [-0.25, -0.2) is 4.79 Å². The van der Waals surface area contributed by atoms with Crippen molar-refractivity contribution in [2.45, 2.75) is 44.6 Å². The molecule has 2 aromatic rings. The summed E-state index contributed by atoms with van der Waals surface area (Å²) in [7, 11) is 1.67. The topological polar surface area (TPSA) is 61.9 Å². The zero-order chi connectivity index (χ0) is 22.3. The third-order valence-corrected chi connectivity index (χ3v) is 6.69. The Labute approximate surface area is 190 Å². The van der Waals surface area contributed by atoms with Gasteiger partial charge < -0.3 is 19.9 Å². The summed E-state index contributed by atoms with van der Waals surface area (Å²) in [6.07, 6.45) is 5.78. The SMILES string of the molecule is COc1ccc([C@@H]2CCCCCN2C(=O)C2CCN(C(=O)Nc3ccccc3)CC2)cc1. The number of nitrogens with one attached hydrogen (secondary N) is 1. The highest BCUT2D eigenvalue weighted by atomic mass is 16.5. The number of benzene rings is 2. The average Bonchev–Trinajstić information content (AvgIpc) is 3.10. The quantitative estimate of drug-likeness (QED) is 0.728. The molecule has 2 aliphatic heterocycles. The van der Waals surface area contributed by atoms with Crippen LogP contribution in [-0.4, -0.2) is 48.5 Å². The van der Waals surface area contributed by atoms with Crippen molar-refractivity contribution in [2.24, 2.45) is 5.92 Å². The lowest BCUT2D eigenvalue weighted by atomic mass is 9.93. The van der Waals surface area contributed by atoms with Crippen molar-refractivity contribution in [1.29, 1.82) is 0 Å². The molecule has 4 rings (SSSR count). The number of methoxy groups -OCH3 is 1. The van der Waals surface area contributed by atoms with E-state index in [-0.39, 0.29) is 23.9 Å². The molecule has 0 bridgehead atoms. The van der Waals surface area contributed by atoms with Crippen molar-refractivity contribution in [1.82, 2.24) is 9.80 Å². The van der Waals surface area contributed by atoms with Gasteiger partial charge in [-0.05, 0) is 55.5 Å². The van der Waals surface area contributed by atoms with Gasteiger partial charge in [-0.15, -0.1) is 0 Å². The van der Waals surface area contributed by atoms with E-state index in [0.717, 1.165) is 43.7 Å². The summed E-state index contributed by atoms with van der Waals surface area (Å²) >= 11 is 0. The first-order chi connectivity index (χ1) is 15.7. The molecule has 6 nitrogen and oxygen atoms in total. The van der Waals surface area contributed by atoms with Crippen LogP contribution in [0.4, 0.5) is 10.5 Å². The first-order valence-electron chi connectivity index (χ1n) is 11.7. The number of hydrogen-bond acceptors (Lipinski definition) is 3. The van der Waals surface area contributed by atoms with E-state index in [4.69, 9.17) is 4.74 Å². The van der Waals surface area contributed by atoms with Crippen LogP contribution in [0.25, 0.3) is 0 Å². The number of para-hydroxylation sites is 1. The number of piperidine rings is 1. The van der Waals surface area contributed by atoms with Gasteiger partial charge >= 0.3 is 6.03 Å². The van der Waals surface area contributed by atoms with Gasteiger partial charge in [-0.1, -0.05) is 43.2 Å². The fourth-order valence-electron chi connectivity index (χ4n) is 4.83. The zero-order valence-electron chi connectivity index (χ0n) is 18.8. The number of likely N-dealkylation sites (tertiary alicyclic amines) is 2. The standard InChI is InChI=1S/C26H33N3O3/c1-32-23-13-11-20(12-14-23)24-10-6-3-7-17-29(24)25(30)21-15-18-28(19-16-21)26(31)27-22-8-4-2-5-9-22/h2,4-5,8-9,11-14,21,24H,3,6-7,10,15-19H2,1H3,(H,27,31)/t24-/m0/s1. The predicted octanol–water partition coefficient (Wildman–Crippen LogP) is 5.08. The molecule has 32 heavy (non-hydrogen) atoms. The van der Waals surface area contributed by atoms with Crippen molar-refractivity contribution < 1.29 is 14.3 Å². The second-order valence-corrected chi connectivity index (χ2v) is 8.73. The van der Waals surface area contributed by atoms with Gasteiger partial charge in [0.1, 0.15) is 5.75 Å². The highest BCUT2D eigenvalue weighted by Gasteiger charge is 2.34. The Bertz CT molecular complexity index is 892. The largest absolute Gasteiger partial charge is 0.497 e. The number of carbonyl (C=O) groups is 2. The number of amides is 3. The number of carbonyl (C=O) groups excluding carboxylic acids is 2. The maximum Gasteiger partial charge on any atom is 0.321 e. The molecule has 0 unspecified atom stereocenters. The summed E-state index contributed by atoms with van der Waals surface area (Å²) in [6.45, 7) is 2.02. The predicted molar refractivity (Wildman–Crippen MR) is 126 cm³/mol. The highest BCUT2D eigenvalue weighted by Crippen LogP contribution is 2.34. The molecule has 2 saturated heterocycles. The monoisotopic (exact) mass is 435 g/mol. The fourth-order valence-corrected chi connectivity index (χ4v) is 4.83. The van der Waals surface area contributed by atoms with Crippen molar-refractivity contribution >= 4 is 17.6 Å². The Balaban J connectivity index is 1.38. The minimum absolute atomic E-state index is 0.0189. The van der Waals surface area contributed by atoms with E-state index < -0.39 is 0 Å². The minimum Gasteiger partial charge on any atom is -0.497 e. The van der Waals surface area contributed by atoms with E-state index in [1.807, 2.05) is 47.4 Å². The molecular formula is C26H33N3O3. The lowest BCUT2D eigenvalue weighted by molar-refractivity contribution is -0.139. The van der Waals surface area contributed by atoms with Gasteiger partial charge in [0, 0.05) is 31.2 Å². The summed E-state index contributed by atoms with van der Waals surface area (Å²) < 4.78 is 5.30. The van der Waals surface area contributed by atoms with E-state index in [1.54, 1.807) is 7.11 Å². The van der Waals surface area contributed by atoms with Gasteiger partial charge in [-0.3, -0.25) is 4.79 Å². The first-order valence-corrected chi connectivity index (χ1v) is 11.7. The third-order valence-electron chi connectivity index (χ3n) is 6.69. The van der Waals surface area contributed by atoms with Crippen molar-refractivity contribution in [3.8, 4) is 5.75 Å². The van der Waals surface area contributed by atoms with Gasteiger partial charge in [0.15, 0.2) is 0 Å². The van der Waals surface area contributed by atoms with Crippen LogP contribution in [-0.2, 0) is 4.79 Å². The van der Waals surface area contributed by atoms with E-state index in [1.165, 1.54) is 5.56 Å². The van der Waals surface area contributed by atoms with Crippen LogP contribution in [0, 0.1) is 5.92 Å². The van der Waals surface area contributed by atoms with Crippen LogP contribution in [0.3, 0.4) is 0 Å². The summed E-state index contributed by atoms with van der Waals surface area (Å²) in [5, 5.41) is 2.95. The summed E-state index contributed by atoms with van der Waals surface area (Å²) in [5.74, 6) is 1.06. The van der Waals surface area contributed by atoms with Crippen molar-refractivity contribution in [3.05, 3.63) is 60.2 Å². The van der Waals surface area contributed by atoms with Gasteiger partial charge in [-0.2, -0.15) is 0 Å². The molecule has 0 aromatic heterocycles. The van der Waals surface area contributed by atoms with Crippen LogP contribution in [0.1, 0.15) is 50.1 Å². The molecule has 1 atom stereocenters. The second-order valence-electron chi connectivity index (χ2n) is 8.73. The van der Waals surface area contributed by atoms with E-state index in [9.17, 15) is 9.59 Å². The van der Waals surface area contributed by atoms with Crippen molar-refractivity contribution in [3.63, 3.8) is 0 Å². The number of ether oxygens (including phenoxy) is 1. The van der Waals surface area contributed by atoms with Gasteiger partial charge in [0.05, 0.1) is 13.2 Å². The first kappa shape index (κ1) is 22.2. The Morgan fingerprint density at radius 3 is 2.28 bits per heavy atom. The molecule has 3 amide bonds. The lowest BCUT2D eigenvalue weighted by Crippen LogP contribution is -2.46. The second kappa shape index (κ2) is 10.5. The average molecular weight is 436 g/mol. The Morgan fingerprint density at radius 1 is 0.875 bits per heavy atom. The Kier molecular flexibility index (Phi) is 7.30. The Morgan fingerprint density at radius 2 is 1.59 bits per heavy atom. The maximum absolute atomic E-state index is 13.6. The van der Waals surface area contributed by atoms with Gasteiger partial charge in [0.2, 0.25) is 5.91 Å². The zero-order valence-corrected chi connectivity index (χ0v) is 18.8. The summed E-state index contributed by atoms with van der Waals surface area (Å²) in [4.78, 5) is 30.1. The molecule has 2 fully saturated rings. The Hall–Kier alpha value is -3.02. The normalized spacial score (nSPS) is 19.8. The number of anilines is 1. The maximum atomic E-state index is 13.6. The van der Waals surface area contributed by atoms with Crippen LogP contribution in [0.2, 0.25) is 0 Å².